The SMILES string of the molecule is COc1ccc(C(=O)Nc2cc(C(=O)Nc3ccccc3)cc(N(O)C(=O)c3ccccc3)c2)cc1. The quantitative estimate of drug-likeness (QED) is 0.247. The van der Waals surface area contributed by atoms with Crippen LogP contribution in [0, 0.1) is 0 Å². The van der Waals surface area contributed by atoms with Crippen LogP contribution in [0.1, 0.15) is 31.1 Å². The lowest BCUT2D eigenvalue weighted by Gasteiger charge is -2.18. The van der Waals surface area contributed by atoms with Crippen LogP contribution in [0.15, 0.2) is 103 Å². The number of anilines is 3. The number of nitrogens with zero attached hydrogens (tertiary/aromatic N) is 1. The van der Waals surface area contributed by atoms with Crippen LogP contribution < -0.4 is 20.4 Å². The summed E-state index contributed by atoms with van der Waals surface area (Å²) in [6, 6.07) is 27.8. The van der Waals surface area contributed by atoms with Gasteiger partial charge in [0.05, 0.1) is 12.8 Å². The van der Waals surface area contributed by atoms with Crippen molar-refractivity contribution in [2.45, 2.75) is 0 Å². The predicted molar refractivity (Wildman–Crippen MR) is 137 cm³/mol. The Balaban J connectivity index is 1.66. The van der Waals surface area contributed by atoms with Crippen molar-refractivity contribution in [2.75, 3.05) is 22.8 Å². The highest BCUT2D eigenvalue weighted by molar-refractivity contribution is 6.10. The normalized spacial score (nSPS) is 10.3. The number of nitrogens with one attached hydrogen (secondary N) is 2. The minimum absolute atomic E-state index is 0.00888. The lowest BCUT2D eigenvalue weighted by atomic mass is 10.1. The van der Waals surface area contributed by atoms with E-state index in [0.29, 0.717) is 22.1 Å². The van der Waals surface area contributed by atoms with Crippen molar-refractivity contribution in [3.63, 3.8) is 0 Å². The number of benzene rings is 4. The molecule has 0 aliphatic heterocycles. The largest absolute Gasteiger partial charge is 0.497 e. The number of hydrogen-bond acceptors (Lipinski definition) is 5. The molecule has 0 aliphatic carbocycles. The molecule has 0 unspecified atom stereocenters. The molecule has 4 aromatic carbocycles. The monoisotopic (exact) mass is 481 g/mol. The van der Waals surface area contributed by atoms with Crippen molar-refractivity contribution in [3.05, 3.63) is 120 Å². The average Bonchev–Trinajstić information content (AvgIpc) is 2.93. The van der Waals surface area contributed by atoms with Crippen LogP contribution in [0.3, 0.4) is 0 Å². The summed E-state index contributed by atoms with van der Waals surface area (Å²) in [5.41, 5.74) is 1.53. The molecule has 0 spiro atoms. The van der Waals surface area contributed by atoms with Gasteiger partial charge in [-0.2, -0.15) is 5.06 Å². The first-order valence-electron chi connectivity index (χ1n) is 11.0. The molecule has 0 aliphatic rings. The van der Waals surface area contributed by atoms with E-state index in [4.69, 9.17) is 4.74 Å². The van der Waals surface area contributed by atoms with E-state index >= 15 is 0 Å². The highest BCUT2D eigenvalue weighted by atomic mass is 16.5. The Morgan fingerprint density at radius 3 is 1.89 bits per heavy atom. The van der Waals surface area contributed by atoms with E-state index in [1.54, 1.807) is 78.9 Å². The van der Waals surface area contributed by atoms with Crippen LogP contribution in [0.4, 0.5) is 17.1 Å². The topological polar surface area (TPSA) is 108 Å². The van der Waals surface area contributed by atoms with Crippen LogP contribution in [0.25, 0.3) is 0 Å². The Morgan fingerprint density at radius 2 is 1.25 bits per heavy atom. The van der Waals surface area contributed by atoms with Crippen LogP contribution in [0.2, 0.25) is 0 Å². The minimum Gasteiger partial charge on any atom is -0.497 e. The van der Waals surface area contributed by atoms with Crippen LogP contribution in [-0.4, -0.2) is 30.0 Å². The first-order chi connectivity index (χ1) is 17.4. The molecular weight excluding hydrogens is 458 g/mol. The molecule has 3 amide bonds. The molecule has 0 atom stereocenters. The van der Waals surface area contributed by atoms with Gasteiger partial charge in [-0.3, -0.25) is 19.6 Å². The third-order valence-electron chi connectivity index (χ3n) is 5.28. The summed E-state index contributed by atoms with van der Waals surface area (Å²) in [6.45, 7) is 0. The zero-order valence-corrected chi connectivity index (χ0v) is 19.3. The average molecular weight is 482 g/mol. The number of ether oxygens (including phenoxy) is 1. The Labute approximate surface area is 207 Å². The van der Waals surface area contributed by atoms with Gasteiger partial charge in [0.2, 0.25) is 0 Å². The number of rotatable bonds is 7. The molecule has 0 bridgehead atoms. The third kappa shape index (κ3) is 5.75. The third-order valence-corrected chi connectivity index (χ3v) is 5.28. The van der Waals surface area contributed by atoms with E-state index in [2.05, 4.69) is 10.6 Å². The molecule has 0 radical (unpaired) electrons. The molecule has 8 nitrogen and oxygen atoms in total. The van der Waals surface area contributed by atoms with Gasteiger partial charge in [0.25, 0.3) is 17.7 Å². The summed E-state index contributed by atoms with van der Waals surface area (Å²) in [7, 11) is 1.53. The van der Waals surface area contributed by atoms with Crippen molar-refractivity contribution in [1.82, 2.24) is 0 Å². The van der Waals surface area contributed by atoms with Crippen molar-refractivity contribution in [1.29, 1.82) is 0 Å². The molecule has 4 aromatic rings. The Morgan fingerprint density at radius 1 is 0.667 bits per heavy atom. The smallest absolute Gasteiger partial charge is 0.281 e. The Hall–Kier alpha value is -4.95. The van der Waals surface area contributed by atoms with E-state index < -0.39 is 17.7 Å². The molecule has 0 aromatic heterocycles. The number of carbonyl (C=O) groups is 3. The molecule has 0 fully saturated rings. The van der Waals surface area contributed by atoms with Gasteiger partial charge in [0, 0.05) is 28.1 Å². The van der Waals surface area contributed by atoms with Crippen LogP contribution >= 0.6 is 0 Å². The molecular formula is C28H23N3O5. The number of amides is 3. The van der Waals surface area contributed by atoms with E-state index in [1.165, 1.54) is 25.3 Å². The maximum absolute atomic E-state index is 13.0. The number of hydroxylamine groups is 1. The fourth-order valence-corrected chi connectivity index (χ4v) is 3.43. The number of hydrogen-bond donors (Lipinski definition) is 3. The summed E-state index contributed by atoms with van der Waals surface area (Å²) in [5.74, 6) is -1.01. The second-order valence-corrected chi connectivity index (χ2v) is 7.75. The molecule has 0 saturated carbocycles. The lowest BCUT2D eigenvalue weighted by molar-refractivity contribution is 0.0854. The van der Waals surface area contributed by atoms with Gasteiger partial charge in [-0.05, 0) is 66.7 Å². The van der Waals surface area contributed by atoms with Gasteiger partial charge in [0.1, 0.15) is 5.75 Å². The zero-order valence-electron chi connectivity index (χ0n) is 19.3. The molecule has 0 saturated heterocycles. The number of carbonyl (C=O) groups excluding carboxylic acids is 3. The maximum atomic E-state index is 13.0. The standard InChI is InChI=1S/C28H23N3O5/c1-36-25-14-12-19(13-15-25)26(32)30-23-16-21(27(33)29-22-10-6-3-7-11-22)17-24(18-23)31(35)28(34)20-8-4-2-5-9-20/h2-18,35H,1H3,(H,29,33)(H,30,32). The fraction of sp³-hybridized carbons (Fsp3) is 0.0357. The highest BCUT2D eigenvalue weighted by Gasteiger charge is 2.19. The van der Waals surface area contributed by atoms with Gasteiger partial charge in [-0.15, -0.1) is 0 Å². The molecule has 0 heterocycles. The van der Waals surface area contributed by atoms with Crippen molar-refractivity contribution in [2.24, 2.45) is 0 Å². The summed E-state index contributed by atoms with van der Waals surface area (Å²) < 4.78 is 5.12. The summed E-state index contributed by atoms with van der Waals surface area (Å²) in [6.07, 6.45) is 0. The second kappa shape index (κ2) is 11.0. The van der Waals surface area contributed by atoms with E-state index in [-0.39, 0.29) is 22.5 Å². The van der Waals surface area contributed by atoms with Crippen LogP contribution in [0.5, 0.6) is 5.75 Å². The highest BCUT2D eigenvalue weighted by Crippen LogP contribution is 2.25. The molecule has 8 heteroatoms. The lowest BCUT2D eigenvalue weighted by Crippen LogP contribution is -2.27. The van der Waals surface area contributed by atoms with Gasteiger partial charge < -0.3 is 15.4 Å². The minimum atomic E-state index is -0.691. The van der Waals surface area contributed by atoms with Crippen molar-refractivity contribution >= 4 is 34.8 Å². The van der Waals surface area contributed by atoms with Crippen LogP contribution in [-0.2, 0) is 0 Å². The Kier molecular flexibility index (Phi) is 7.38. The second-order valence-electron chi connectivity index (χ2n) is 7.75. The summed E-state index contributed by atoms with van der Waals surface area (Å²) in [5, 5.41) is 16.6. The first kappa shape index (κ1) is 24.2. The van der Waals surface area contributed by atoms with Gasteiger partial charge in [-0.25, -0.2) is 0 Å². The molecule has 3 N–H and O–H groups in total. The summed E-state index contributed by atoms with van der Waals surface area (Å²) >= 11 is 0. The zero-order chi connectivity index (χ0) is 25.5. The molecule has 36 heavy (non-hydrogen) atoms. The fourth-order valence-electron chi connectivity index (χ4n) is 3.43. The van der Waals surface area contributed by atoms with Crippen molar-refractivity contribution in [3.8, 4) is 5.75 Å². The van der Waals surface area contributed by atoms with E-state index in [0.717, 1.165) is 0 Å². The molecule has 180 valence electrons. The molecule has 4 rings (SSSR count). The first-order valence-corrected chi connectivity index (χ1v) is 11.0. The van der Waals surface area contributed by atoms with Gasteiger partial charge in [0.15, 0.2) is 0 Å². The summed E-state index contributed by atoms with van der Waals surface area (Å²) in [4.78, 5) is 38.6. The van der Waals surface area contributed by atoms with Gasteiger partial charge in [-0.1, -0.05) is 36.4 Å². The van der Waals surface area contributed by atoms with Crippen molar-refractivity contribution < 1.29 is 24.3 Å². The number of methoxy groups -OCH3 is 1. The van der Waals surface area contributed by atoms with Gasteiger partial charge >= 0.3 is 0 Å². The predicted octanol–water partition coefficient (Wildman–Crippen LogP) is 5.24. The van der Waals surface area contributed by atoms with E-state index in [1.807, 2.05) is 6.07 Å². The number of para-hydroxylation sites is 1. The van der Waals surface area contributed by atoms with E-state index in [9.17, 15) is 19.6 Å². The Bertz CT molecular complexity index is 1370. The maximum Gasteiger partial charge on any atom is 0.281 e.